The molecule has 1 atom stereocenters. The molecular formula is C25H33ClN2O2S. The van der Waals surface area contributed by atoms with E-state index in [0.29, 0.717) is 29.5 Å². The lowest BCUT2D eigenvalue weighted by atomic mass is 10.0. The molecule has 0 heterocycles. The van der Waals surface area contributed by atoms with E-state index in [0.717, 1.165) is 16.7 Å². The fourth-order valence-corrected chi connectivity index (χ4v) is 4.38. The molecule has 0 bridgehead atoms. The average Bonchev–Trinajstić information content (AvgIpc) is 2.68. The Morgan fingerprint density at radius 1 is 1.13 bits per heavy atom. The lowest BCUT2D eigenvalue weighted by Crippen LogP contribution is -2.53. The molecule has 168 valence electrons. The number of benzene rings is 2. The van der Waals surface area contributed by atoms with Crippen LogP contribution in [0.3, 0.4) is 0 Å². The zero-order valence-corrected chi connectivity index (χ0v) is 20.6. The predicted octanol–water partition coefficient (Wildman–Crippen LogP) is 5.60. The minimum atomic E-state index is -0.516. The van der Waals surface area contributed by atoms with Crippen LogP contribution in [0.1, 0.15) is 50.8 Å². The van der Waals surface area contributed by atoms with Gasteiger partial charge in [0, 0.05) is 22.9 Å². The largest absolute Gasteiger partial charge is 0.350 e. The van der Waals surface area contributed by atoms with Gasteiger partial charge in [0.15, 0.2) is 0 Å². The summed E-state index contributed by atoms with van der Waals surface area (Å²) in [5, 5.41) is 3.73. The van der Waals surface area contributed by atoms with Crippen molar-refractivity contribution in [3.63, 3.8) is 0 Å². The van der Waals surface area contributed by atoms with Gasteiger partial charge in [-0.05, 0) is 62.9 Å². The third kappa shape index (κ3) is 8.23. The molecule has 0 aliphatic heterocycles. The van der Waals surface area contributed by atoms with Crippen LogP contribution < -0.4 is 5.32 Å². The van der Waals surface area contributed by atoms with Crippen LogP contribution in [-0.2, 0) is 21.9 Å². The number of aryl methyl sites for hydroxylation is 1. The first-order valence-corrected chi connectivity index (χ1v) is 12.1. The maximum absolute atomic E-state index is 13.3. The molecule has 4 nitrogen and oxygen atoms in total. The third-order valence-electron chi connectivity index (χ3n) is 4.87. The van der Waals surface area contributed by atoms with Gasteiger partial charge in [0.25, 0.3) is 0 Å². The second-order valence-corrected chi connectivity index (χ2v) is 10.2. The summed E-state index contributed by atoms with van der Waals surface area (Å²) in [6.07, 6.45) is 0.554. The van der Waals surface area contributed by atoms with E-state index >= 15 is 0 Å². The summed E-state index contributed by atoms with van der Waals surface area (Å²) in [5.41, 5.74) is 2.88. The van der Waals surface area contributed by atoms with Crippen molar-refractivity contribution in [2.75, 3.05) is 5.75 Å². The van der Waals surface area contributed by atoms with Crippen LogP contribution >= 0.6 is 23.4 Å². The number of carbonyl (C=O) groups excluding carboxylic acids is 2. The quantitative estimate of drug-likeness (QED) is 0.529. The second kappa shape index (κ2) is 11.6. The number of hydrogen-bond donors (Lipinski definition) is 1. The summed E-state index contributed by atoms with van der Waals surface area (Å²) in [4.78, 5) is 28.0. The Morgan fingerprint density at radius 3 is 2.45 bits per heavy atom. The lowest BCUT2D eigenvalue weighted by Gasteiger charge is -2.33. The first-order valence-electron chi connectivity index (χ1n) is 10.6. The standard InChI is InChI=1S/C25H33ClN2O2S/c1-6-22(24(30)27-25(3,4)5)28(15-20-12-8-7-10-18(20)2)23(29)17-31-16-19-11-9-13-21(26)14-19/h7-14,22H,6,15-17H2,1-5H3,(H,27,30)/t22-/m1/s1. The molecule has 2 rings (SSSR count). The molecule has 0 radical (unpaired) electrons. The number of nitrogens with zero attached hydrogens (tertiary/aromatic N) is 1. The molecule has 0 fully saturated rings. The van der Waals surface area contributed by atoms with E-state index in [9.17, 15) is 9.59 Å². The smallest absolute Gasteiger partial charge is 0.243 e. The highest BCUT2D eigenvalue weighted by Crippen LogP contribution is 2.20. The van der Waals surface area contributed by atoms with Crippen molar-refractivity contribution < 1.29 is 9.59 Å². The van der Waals surface area contributed by atoms with E-state index in [2.05, 4.69) is 5.32 Å². The summed E-state index contributed by atoms with van der Waals surface area (Å²) in [5.74, 6) is 0.843. The van der Waals surface area contributed by atoms with Crippen LogP contribution in [0.25, 0.3) is 0 Å². The molecule has 0 aromatic heterocycles. The highest BCUT2D eigenvalue weighted by molar-refractivity contribution is 7.99. The number of halogens is 1. The highest BCUT2D eigenvalue weighted by atomic mass is 35.5. The van der Waals surface area contributed by atoms with E-state index in [1.165, 1.54) is 11.8 Å². The Balaban J connectivity index is 2.17. The van der Waals surface area contributed by atoms with Gasteiger partial charge < -0.3 is 10.2 Å². The molecule has 0 saturated carbocycles. The molecule has 1 N–H and O–H groups in total. The Hall–Kier alpha value is -1.98. The fraction of sp³-hybridized carbons (Fsp3) is 0.440. The lowest BCUT2D eigenvalue weighted by molar-refractivity contribution is -0.140. The van der Waals surface area contributed by atoms with Gasteiger partial charge in [-0.3, -0.25) is 9.59 Å². The number of amides is 2. The first-order chi connectivity index (χ1) is 14.6. The molecule has 0 aliphatic carbocycles. The molecule has 2 aromatic rings. The molecule has 0 unspecified atom stereocenters. The predicted molar refractivity (Wildman–Crippen MR) is 131 cm³/mol. The summed E-state index contributed by atoms with van der Waals surface area (Å²) in [7, 11) is 0. The van der Waals surface area contributed by atoms with Crippen LogP contribution in [-0.4, -0.2) is 34.0 Å². The maximum atomic E-state index is 13.3. The van der Waals surface area contributed by atoms with E-state index in [1.54, 1.807) is 4.90 Å². The van der Waals surface area contributed by atoms with Crippen molar-refractivity contribution in [3.05, 3.63) is 70.2 Å². The van der Waals surface area contributed by atoms with E-state index < -0.39 is 6.04 Å². The summed E-state index contributed by atoms with van der Waals surface area (Å²) < 4.78 is 0. The SMILES string of the molecule is CC[C@H](C(=O)NC(C)(C)C)N(Cc1ccccc1C)C(=O)CSCc1cccc(Cl)c1. The van der Waals surface area contributed by atoms with Gasteiger partial charge in [-0.25, -0.2) is 0 Å². The van der Waals surface area contributed by atoms with Gasteiger partial charge in [-0.1, -0.05) is 54.9 Å². The number of rotatable bonds is 9. The van der Waals surface area contributed by atoms with Crippen LogP contribution in [0.5, 0.6) is 0 Å². The molecule has 0 spiro atoms. The van der Waals surface area contributed by atoms with Gasteiger partial charge in [-0.15, -0.1) is 11.8 Å². The zero-order chi connectivity index (χ0) is 23.0. The molecule has 6 heteroatoms. The van der Waals surface area contributed by atoms with Gasteiger partial charge in [-0.2, -0.15) is 0 Å². The van der Waals surface area contributed by atoms with Crippen LogP contribution in [0.2, 0.25) is 5.02 Å². The van der Waals surface area contributed by atoms with E-state index in [-0.39, 0.29) is 17.4 Å². The van der Waals surface area contributed by atoms with Crippen molar-refractivity contribution in [3.8, 4) is 0 Å². The third-order valence-corrected chi connectivity index (χ3v) is 6.09. The summed E-state index contributed by atoms with van der Waals surface area (Å²) in [6, 6.07) is 15.1. The minimum Gasteiger partial charge on any atom is -0.350 e. The molecule has 0 saturated heterocycles. The Bertz CT molecular complexity index is 895. The Kier molecular flexibility index (Phi) is 9.45. The number of nitrogens with one attached hydrogen (secondary N) is 1. The number of carbonyl (C=O) groups is 2. The second-order valence-electron chi connectivity index (χ2n) is 8.73. The van der Waals surface area contributed by atoms with Crippen LogP contribution in [0, 0.1) is 6.92 Å². The highest BCUT2D eigenvalue weighted by Gasteiger charge is 2.30. The van der Waals surface area contributed by atoms with E-state index in [1.807, 2.05) is 83.1 Å². The maximum Gasteiger partial charge on any atom is 0.243 e. The summed E-state index contributed by atoms with van der Waals surface area (Å²) >= 11 is 7.60. The van der Waals surface area contributed by atoms with Crippen LogP contribution in [0.4, 0.5) is 0 Å². The van der Waals surface area contributed by atoms with Gasteiger partial charge >= 0.3 is 0 Å². The Labute approximate surface area is 195 Å². The zero-order valence-electron chi connectivity index (χ0n) is 19.1. The Morgan fingerprint density at radius 2 is 1.84 bits per heavy atom. The van der Waals surface area contributed by atoms with Crippen molar-refractivity contribution in [1.29, 1.82) is 0 Å². The normalized spacial score (nSPS) is 12.3. The van der Waals surface area contributed by atoms with Gasteiger partial charge in [0.05, 0.1) is 5.75 Å². The van der Waals surface area contributed by atoms with Gasteiger partial charge in [0.2, 0.25) is 11.8 Å². The summed E-state index contributed by atoms with van der Waals surface area (Å²) in [6.45, 7) is 10.2. The van der Waals surface area contributed by atoms with Crippen molar-refractivity contribution in [2.24, 2.45) is 0 Å². The molecule has 0 aliphatic rings. The number of hydrogen-bond acceptors (Lipinski definition) is 3. The fourth-order valence-electron chi connectivity index (χ4n) is 3.31. The minimum absolute atomic E-state index is 0.0359. The number of thioether (sulfide) groups is 1. The van der Waals surface area contributed by atoms with Crippen molar-refractivity contribution in [1.82, 2.24) is 10.2 Å². The monoisotopic (exact) mass is 460 g/mol. The van der Waals surface area contributed by atoms with Gasteiger partial charge in [0.1, 0.15) is 6.04 Å². The molecule has 31 heavy (non-hydrogen) atoms. The molecule has 2 aromatic carbocycles. The van der Waals surface area contributed by atoms with E-state index in [4.69, 9.17) is 11.6 Å². The molecule has 2 amide bonds. The average molecular weight is 461 g/mol. The van der Waals surface area contributed by atoms with Crippen molar-refractivity contribution in [2.45, 2.75) is 64.9 Å². The van der Waals surface area contributed by atoms with Crippen molar-refractivity contribution >= 4 is 35.2 Å². The van der Waals surface area contributed by atoms with Crippen LogP contribution in [0.15, 0.2) is 48.5 Å². The molecular weight excluding hydrogens is 428 g/mol. The first kappa shape index (κ1) is 25.3. The topological polar surface area (TPSA) is 49.4 Å².